The molecule has 35 heavy (non-hydrogen) atoms. The van der Waals surface area contributed by atoms with E-state index in [0.29, 0.717) is 25.3 Å². The number of ether oxygens (including phenoxy) is 2. The molecule has 0 radical (unpaired) electrons. The van der Waals surface area contributed by atoms with Gasteiger partial charge in [0.1, 0.15) is 0 Å². The van der Waals surface area contributed by atoms with Gasteiger partial charge in [0.25, 0.3) is 0 Å². The number of nitrogens with zero attached hydrogens (tertiary/aromatic N) is 2. The van der Waals surface area contributed by atoms with Crippen molar-refractivity contribution < 1.29 is 27.4 Å². The molecule has 2 aliphatic heterocycles. The molecule has 3 fully saturated rings. The lowest BCUT2D eigenvalue weighted by Gasteiger charge is -2.42. The molecule has 1 aromatic heterocycles. The lowest BCUT2D eigenvalue weighted by atomic mass is 9.73. The van der Waals surface area contributed by atoms with E-state index in [1.807, 2.05) is 4.90 Å². The van der Waals surface area contributed by atoms with Crippen LogP contribution in [0.15, 0.2) is 12.3 Å². The van der Waals surface area contributed by atoms with Gasteiger partial charge in [0.15, 0.2) is 0 Å². The summed E-state index contributed by atoms with van der Waals surface area (Å²) in [5, 5.41) is 3.74. The Balaban J connectivity index is 1.36. The zero-order chi connectivity index (χ0) is 25.0. The number of halogens is 3. The van der Waals surface area contributed by atoms with Crippen LogP contribution in [0, 0.1) is 11.3 Å². The lowest BCUT2D eigenvalue weighted by Crippen LogP contribution is -2.52. The largest absolute Gasteiger partial charge is 0.417 e. The minimum atomic E-state index is -4.45. The maximum atomic E-state index is 14.1. The molecular formula is C26H36F3N3O3. The Morgan fingerprint density at radius 3 is 2.71 bits per heavy atom. The Morgan fingerprint density at radius 2 is 2.06 bits per heavy atom. The van der Waals surface area contributed by atoms with Gasteiger partial charge in [-0.25, -0.2) is 0 Å². The molecule has 2 aliphatic carbocycles. The molecule has 0 aromatic carbocycles. The maximum absolute atomic E-state index is 14.1. The molecule has 4 atom stereocenters. The normalized spacial score (nSPS) is 32.2. The first kappa shape index (κ1) is 25.0. The molecule has 6 nitrogen and oxygen atoms in total. The SMILES string of the molecule is CO[C@@H]1COCC[C@@H]1N[C@@H]1CC[C@@](C(=O)N2Cc3cc(C(F)(F)F)cnc3C3(CC3)C2)(C(C)C)C1. The number of hydrogen-bond acceptors (Lipinski definition) is 5. The highest BCUT2D eigenvalue weighted by Gasteiger charge is 2.56. The summed E-state index contributed by atoms with van der Waals surface area (Å²) < 4.78 is 51.3. The summed E-state index contributed by atoms with van der Waals surface area (Å²) in [6.07, 6.45) is 1.50. The number of hydrogen-bond donors (Lipinski definition) is 1. The standard InChI is InChI=1S/C26H36F3N3O3/c1-16(2)25(6-4-19(11-25)31-20-5-9-35-14-21(20)34-3)23(33)32-13-17-10-18(26(27,28)29)12-30-22(17)24(15-32)7-8-24/h10,12,16,19-21,31H,4-9,11,13-15H2,1-3H3/t19-,20+,21-,25+/m1/s1. The lowest BCUT2D eigenvalue weighted by molar-refractivity contribution is -0.146. The predicted molar refractivity (Wildman–Crippen MR) is 124 cm³/mol. The quantitative estimate of drug-likeness (QED) is 0.668. The highest BCUT2D eigenvalue weighted by Crippen LogP contribution is 2.54. The molecule has 1 amide bonds. The average Bonchev–Trinajstić information content (AvgIpc) is 3.45. The molecule has 0 bridgehead atoms. The minimum Gasteiger partial charge on any atom is -0.379 e. The molecule has 3 heterocycles. The first-order valence-corrected chi connectivity index (χ1v) is 12.8. The first-order chi connectivity index (χ1) is 16.6. The van der Waals surface area contributed by atoms with Crippen molar-refractivity contribution in [3.05, 3.63) is 29.1 Å². The van der Waals surface area contributed by atoms with Gasteiger partial charge in [0.05, 0.1) is 29.4 Å². The van der Waals surface area contributed by atoms with Gasteiger partial charge in [-0.05, 0) is 56.1 Å². The third kappa shape index (κ3) is 4.48. The van der Waals surface area contributed by atoms with Crippen molar-refractivity contribution in [2.45, 2.75) is 88.7 Å². The third-order valence-electron chi connectivity index (χ3n) is 8.93. The number of fused-ring (bicyclic) bond motifs is 2. The Kier molecular flexibility index (Phi) is 6.41. The van der Waals surface area contributed by atoms with Gasteiger partial charge in [0, 0.05) is 50.5 Å². The fourth-order valence-electron chi connectivity index (χ4n) is 6.59. The third-order valence-corrected chi connectivity index (χ3v) is 8.93. The highest BCUT2D eigenvalue weighted by molar-refractivity contribution is 5.84. The van der Waals surface area contributed by atoms with Crippen LogP contribution >= 0.6 is 0 Å². The summed E-state index contributed by atoms with van der Waals surface area (Å²) in [5.74, 6) is 0.215. The number of aromatic nitrogens is 1. The van der Waals surface area contributed by atoms with Gasteiger partial charge in [-0.2, -0.15) is 13.2 Å². The van der Waals surface area contributed by atoms with Crippen molar-refractivity contribution in [3.8, 4) is 0 Å². The summed E-state index contributed by atoms with van der Waals surface area (Å²) in [7, 11) is 1.70. The number of carbonyl (C=O) groups is 1. The van der Waals surface area contributed by atoms with Gasteiger partial charge < -0.3 is 19.7 Å². The fourth-order valence-corrected chi connectivity index (χ4v) is 6.59. The van der Waals surface area contributed by atoms with E-state index in [0.717, 1.165) is 50.4 Å². The summed E-state index contributed by atoms with van der Waals surface area (Å²) in [5.41, 5.74) is -0.240. The summed E-state index contributed by atoms with van der Waals surface area (Å²) in [6, 6.07) is 1.60. The Bertz CT molecular complexity index is 965. The van der Waals surface area contributed by atoms with Crippen LogP contribution in [0.3, 0.4) is 0 Å². The van der Waals surface area contributed by atoms with E-state index in [-0.39, 0.29) is 42.0 Å². The van der Waals surface area contributed by atoms with Crippen LogP contribution in [0.25, 0.3) is 0 Å². The van der Waals surface area contributed by atoms with Crippen LogP contribution in [0.4, 0.5) is 13.2 Å². The number of pyridine rings is 1. The van der Waals surface area contributed by atoms with Crippen molar-refractivity contribution in [2.75, 3.05) is 26.9 Å². The number of amides is 1. The van der Waals surface area contributed by atoms with E-state index in [4.69, 9.17) is 9.47 Å². The molecule has 194 valence electrons. The molecule has 1 spiro atoms. The molecule has 2 saturated carbocycles. The Morgan fingerprint density at radius 1 is 1.29 bits per heavy atom. The molecule has 1 saturated heterocycles. The van der Waals surface area contributed by atoms with Gasteiger partial charge in [0.2, 0.25) is 5.91 Å². The van der Waals surface area contributed by atoms with Gasteiger partial charge >= 0.3 is 6.18 Å². The topological polar surface area (TPSA) is 63.7 Å². The molecule has 5 rings (SSSR count). The van der Waals surface area contributed by atoms with E-state index in [1.54, 1.807) is 7.11 Å². The van der Waals surface area contributed by atoms with Crippen LogP contribution in [0.2, 0.25) is 0 Å². The molecule has 0 unspecified atom stereocenters. The Labute approximate surface area is 204 Å². The second-order valence-corrected chi connectivity index (χ2v) is 11.3. The molecule has 1 N–H and O–H groups in total. The van der Waals surface area contributed by atoms with Crippen molar-refractivity contribution >= 4 is 5.91 Å². The molecule has 9 heteroatoms. The van der Waals surface area contributed by atoms with E-state index in [9.17, 15) is 18.0 Å². The molecule has 1 aromatic rings. The highest BCUT2D eigenvalue weighted by atomic mass is 19.4. The number of methoxy groups -OCH3 is 1. The van der Waals surface area contributed by atoms with Crippen LogP contribution in [-0.4, -0.2) is 60.8 Å². The number of carbonyl (C=O) groups excluding carboxylic acids is 1. The number of rotatable bonds is 5. The van der Waals surface area contributed by atoms with Crippen LogP contribution in [-0.2, 0) is 32.4 Å². The number of alkyl halides is 3. The van der Waals surface area contributed by atoms with E-state index >= 15 is 0 Å². The van der Waals surface area contributed by atoms with Crippen LogP contribution in [0.1, 0.15) is 69.2 Å². The van der Waals surface area contributed by atoms with Crippen molar-refractivity contribution in [3.63, 3.8) is 0 Å². The van der Waals surface area contributed by atoms with E-state index in [1.165, 1.54) is 6.07 Å². The predicted octanol–water partition coefficient (Wildman–Crippen LogP) is 4.06. The summed E-state index contributed by atoms with van der Waals surface area (Å²) in [6.45, 7) is 6.21. The molecular weight excluding hydrogens is 459 g/mol. The van der Waals surface area contributed by atoms with Crippen molar-refractivity contribution in [1.29, 1.82) is 0 Å². The van der Waals surface area contributed by atoms with Gasteiger partial charge in [-0.15, -0.1) is 0 Å². The first-order valence-electron chi connectivity index (χ1n) is 12.8. The maximum Gasteiger partial charge on any atom is 0.417 e. The smallest absolute Gasteiger partial charge is 0.379 e. The fraction of sp³-hybridized carbons (Fsp3) is 0.769. The zero-order valence-corrected chi connectivity index (χ0v) is 20.8. The zero-order valence-electron chi connectivity index (χ0n) is 20.8. The number of nitrogens with one attached hydrogen (secondary N) is 1. The van der Waals surface area contributed by atoms with Crippen molar-refractivity contribution in [2.24, 2.45) is 11.3 Å². The van der Waals surface area contributed by atoms with Gasteiger partial charge in [-0.3, -0.25) is 9.78 Å². The summed E-state index contributed by atoms with van der Waals surface area (Å²) in [4.78, 5) is 20.2. The molecule has 4 aliphatic rings. The second kappa shape index (κ2) is 8.99. The van der Waals surface area contributed by atoms with Crippen LogP contribution < -0.4 is 5.32 Å². The second-order valence-electron chi connectivity index (χ2n) is 11.3. The average molecular weight is 496 g/mol. The van der Waals surface area contributed by atoms with Crippen molar-refractivity contribution in [1.82, 2.24) is 15.2 Å². The van der Waals surface area contributed by atoms with Crippen LogP contribution in [0.5, 0.6) is 0 Å². The Hall–Kier alpha value is -1.71. The van der Waals surface area contributed by atoms with E-state index < -0.39 is 17.2 Å². The van der Waals surface area contributed by atoms with E-state index in [2.05, 4.69) is 24.1 Å². The monoisotopic (exact) mass is 495 g/mol. The van der Waals surface area contributed by atoms with Gasteiger partial charge in [-0.1, -0.05) is 13.8 Å². The minimum absolute atomic E-state index is 0.00264. The summed E-state index contributed by atoms with van der Waals surface area (Å²) >= 11 is 0.